The Hall–Kier alpha value is -2.19. The highest BCUT2D eigenvalue weighted by atomic mass is 35.5. The molecule has 0 saturated carbocycles. The van der Waals surface area contributed by atoms with Gasteiger partial charge in [0.1, 0.15) is 5.82 Å². The third kappa shape index (κ3) is 3.65. The minimum atomic E-state index is -0.391. The van der Waals surface area contributed by atoms with E-state index in [4.69, 9.17) is 23.8 Å². The van der Waals surface area contributed by atoms with Crippen LogP contribution in [-0.2, 0) is 7.05 Å². The molecule has 2 aromatic rings. The maximum atomic E-state index is 12.2. The van der Waals surface area contributed by atoms with Gasteiger partial charge in [0.15, 0.2) is 10.8 Å². The molecule has 126 valence electrons. The summed E-state index contributed by atoms with van der Waals surface area (Å²) in [5.41, 5.74) is 0.175. The van der Waals surface area contributed by atoms with E-state index in [0.717, 1.165) is 18.9 Å². The van der Waals surface area contributed by atoms with Crippen molar-refractivity contribution in [2.24, 2.45) is 7.05 Å². The van der Waals surface area contributed by atoms with Crippen molar-refractivity contribution in [1.82, 2.24) is 25.0 Å². The van der Waals surface area contributed by atoms with Gasteiger partial charge in [0.05, 0.1) is 5.02 Å². The van der Waals surface area contributed by atoms with Crippen molar-refractivity contribution in [3.8, 4) is 0 Å². The molecular formula is C15H17ClN6OS. The highest BCUT2D eigenvalue weighted by molar-refractivity contribution is 7.80. The summed E-state index contributed by atoms with van der Waals surface area (Å²) in [5, 5.41) is 7.43. The molecule has 1 aliphatic rings. The number of pyridine rings is 1. The van der Waals surface area contributed by atoms with Crippen molar-refractivity contribution >= 4 is 40.7 Å². The molecule has 3 heterocycles. The minimum Gasteiger partial charge on any atom is -0.353 e. The Morgan fingerprint density at radius 2 is 2.04 bits per heavy atom. The number of rotatable bonds is 2. The first-order chi connectivity index (χ1) is 11.5. The number of carbonyl (C=O) groups is 1. The Labute approximate surface area is 150 Å². The lowest BCUT2D eigenvalue weighted by Crippen LogP contribution is -2.53. The van der Waals surface area contributed by atoms with Crippen LogP contribution in [0.3, 0.4) is 0 Å². The zero-order chi connectivity index (χ0) is 17.1. The molecule has 1 amide bonds. The lowest BCUT2D eigenvalue weighted by molar-refractivity contribution is 0.0967. The highest BCUT2D eigenvalue weighted by Gasteiger charge is 2.22. The van der Waals surface area contributed by atoms with Crippen LogP contribution in [0.25, 0.3) is 0 Å². The maximum Gasteiger partial charge on any atom is 0.279 e. The van der Waals surface area contributed by atoms with E-state index in [-0.39, 0.29) is 5.69 Å². The molecule has 0 unspecified atom stereocenters. The van der Waals surface area contributed by atoms with Gasteiger partial charge < -0.3 is 9.80 Å². The lowest BCUT2D eigenvalue weighted by atomic mass is 10.3. The molecule has 2 aromatic heterocycles. The zero-order valence-electron chi connectivity index (χ0n) is 13.1. The van der Waals surface area contributed by atoms with Crippen LogP contribution in [0.1, 0.15) is 10.5 Å². The number of halogens is 1. The van der Waals surface area contributed by atoms with Gasteiger partial charge in [-0.1, -0.05) is 17.7 Å². The van der Waals surface area contributed by atoms with Gasteiger partial charge in [-0.25, -0.2) is 4.98 Å². The summed E-state index contributed by atoms with van der Waals surface area (Å²) in [6.07, 6.45) is 3.36. The number of nitrogens with one attached hydrogen (secondary N) is 1. The summed E-state index contributed by atoms with van der Waals surface area (Å²) >= 11 is 11.3. The van der Waals surface area contributed by atoms with E-state index >= 15 is 0 Å². The summed E-state index contributed by atoms with van der Waals surface area (Å²) < 4.78 is 1.49. The lowest BCUT2D eigenvalue weighted by Gasteiger charge is -2.36. The maximum absolute atomic E-state index is 12.2. The number of aryl methyl sites for hydroxylation is 1. The molecule has 0 atom stereocenters. The molecule has 9 heteroatoms. The fourth-order valence-corrected chi connectivity index (χ4v) is 3.07. The molecule has 0 radical (unpaired) electrons. The first-order valence-electron chi connectivity index (χ1n) is 7.50. The molecule has 1 fully saturated rings. The quantitative estimate of drug-likeness (QED) is 0.810. The molecule has 1 N–H and O–H groups in total. The van der Waals surface area contributed by atoms with E-state index in [0.29, 0.717) is 23.2 Å². The van der Waals surface area contributed by atoms with Gasteiger partial charge >= 0.3 is 0 Å². The monoisotopic (exact) mass is 364 g/mol. The predicted octanol–water partition coefficient (Wildman–Crippen LogP) is 1.31. The minimum absolute atomic E-state index is 0.175. The molecule has 7 nitrogen and oxygen atoms in total. The van der Waals surface area contributed by atoms with Crippen molar-refractivity contribution in [3.05, 3.63) is 41.3 Å². The van der Waals surface area contributed by atoms with Gasteiger partial charge in [-0.3, -0.25) is 14.8 Å². The van der Waals surface area contributed by atoms with Crippen molar-refractivity contribution in [1.29, 1.82) is 0 Å². The number of anilines is 1. The fraction of sp³-hybridized carbons (Fsp3) is 0.333. The second-order valence-electron chi connectivity index (χ2n) is 5.42. The molecule has 0 spiro atoms. The second kappa shape index (κ2) is 7.14. The number of hydrogen-bond donors (Lipinski definition) is 1. The Bertz CT molecular complexity index is 742. The number of aromatic nitrogens is 3. The number of amides is 1. The molecule has 0 bridgehead atoms. The van der Waals surface area contributed by atoms with E-state index in [2.05, 4.69) is 20.3 Å². The number of hydrogen-bond acceptors (Lipinski definition) is 5. The van der Waals surface area contributed by atoms with Gasteiger partial charge in [-0.2, -0.15) is 5.10 Å². The molecular weight excluding hydrogens is 348 g/mol. The Kier molecular flexibility index (Phi) is 4.96. The predicted molar refractivity (Wildman–Crippen MR) is 96.3 cm³/mol. The van der Waals surface area contributed by atoms with Crippen LogP contribution in [0.2, 0.25) is 5.02 Å². The SMILES string of the molecule is Cn1cc(Cl)c(C(=O)NC(=S)N2CCN(c3ccccn3)CC2)n1. The second-order valence-corrected chi connectivity index (χ2v) is 6.21. The molecule has 3 rings (SSSR count). The van der Waals surface area contributed by atoms with Crippen LogP contribution in [0.4, 0.5) is 5.82 Å². The van der Waals surface area contributed by atoms with Crippen molar-refractivity contribution < 1.29 is 4.79 Å². The molecule has 0 aliphatic carbocycles. The number of nitrogens with zero attached hydrogens (tertiary/aromatic N) is 5. The summed E-state index contributed by atoms with van der Waals surface area (Å²) in [4.78, 5) is 20.7. The largest absolute Gasteiger partial charge is 0.353 e. The van der Waals surface area contributed by atoms with Crippen molar-refractivity contribution in [2.45, 2.75) is 0 Å². The first kappa shape index (κ1) is 16.7. The molecule has 0 aromatic carbocycles. The summed E-state index contributed by atoms with van der Waals surface area (Å²) in [6.45, 7) is 3.01. The Morgan fingerprint density at radius 3 is 2.62 bits per heavy atom. The van der Waals surface area contributed by atoms with Gasteiger partial charge in [0.25, 0.3) is 5.91 Å². The van der Waals surface area contributed by atoms with E-state index < -0.39 is 5.91 Å². The third-order valence-corrected chi connectivity index (χ3v) is 4.40. The first-order valence-corrected chi connectivity index (χ1v) is 8.28. The van der Waals surface area contributed by atoms with Crippen LogP contribution in [0.5, 0.6) is 0 Å². The van der Waals surface area contributed by atoms with Gasteiger partial charge in [0.2, 0.25) is 0 Å². The summed E-state index contributed by atoms with van der Waals surface area (Å²) in [6, 6.07) is 5.85. The van der Waals surface area contributed by atoms with Gasteiger partial charge in [-0.15, -0.1) is 0 Å². The zero-order valence-corrected chi connectivity index (χ0v) is 14.7. The molecule has 1 aliphatic heterocycles. The summed E-state index contributed by atoms with van der Waals surface area (Å²) in [5.74, 6) is 0.560. The van der Waals surface area contributed by atoms with Crippen molar-refractivity contribution in [3.63, 3.8) is 0 Å². The standard InChI is InChI=1S/C15H17ClN6OS/c1-20-10-11(16)13(19-20)14(23)18-15(24)22-8-6-21(7-9-22)12-4-2-3-5-17-12/h2-5,10H,6-9H2,1H3,(H,18,23,24). The van der Waals surface area contributed by atoms with Crippen LogP contribution >= 0.6 is 23.8 Å². The molecule has 24 heavy (non-hydrogen) atoms. The van der Waals surface area contributed by atoms with E-state index in [1.165, 1.54) is 4.68 Å². The average Bonchev–Trinajstić information content (AvgIpc) is 2.94. The Morgan fingerprint density at radius 1 is 1.29 bits per heavy atom. The van der Waals surface area contributed by atoms with Crippen LogP contribution < -0.4 is 10.2 Å². The number of piperazine rings is 1. The Balaban J connectivity index is 1.55. The average molecular weight is 365 g/mol. The third-order valence-electron chi connectivity index (χ3n) is 3.76. The van der Waals surface area contributed by atoms with Crippen molar-refractivity contribution in [2.75, 3.05) is 31.1 Å². The highest BCUT2D eigenvalue weighted by Crippen LogP contribution is 2.14. The van der Waals surface area contributed by atoms with Crippen LogP contribution in [0, 0.1) is 0 Å². The number of carbonyl (C=O) groups excluding carboxylic acids is 1. The van der Waals surface area contributed by atoms with Crippen LogP contribution in [-0.4, -0.2) is 56.9 Å². The van der Waals surface area contributed by atoms with E-state index in [1.54, 1.807) is 19.4 Å². The van der Waals surface area contributed by atoms with Crippen LogP contribution in [0.15, 0.2) is 30.6 Å². The van der Waals surface area contributed by atoms with E-state index in [9.17, 15) is 4.79 Å². The molecule has 1 saturated heterocycles. The van der Waals surface area contributed by atoms with E-state index in [1.807, 2.05) is 23.1 Å². The normalized spacial score (nSPS) is 14.6. The van der Waals surface area contributed by atoms with Gasteiger partial charge in [-0.05, 0) is 24.4 Å². The van der Waals surface area contributed by atoms with Gasteiger partial charge in [0, 0.05) is 45.6 Å². The summed E-state index contributed by atoms with van der Waals surface area (Å²) in [7, 11) is 1.71. The smallest absolute Gasteiger partial charge is 0.279 e. The fourth-order valence-electron chi connectivity index (χ4n) is 2.53. The topological polar surface area (TPSA) is 66.3 Å². The number of thiocarbonyl (C=S) groups is 1.